The maximum Gasteiger partial charge on any atom is 0.338 e. The molecule has 84 valence electrons. The van der Waals surface area contributed by atoms with Crippen LogP contribution in [0.3, 0.4) is 0 Å². The van der Waals surface area contributed by atoms with Crippen LogP contribution in [0.1, 0.15) is 22.8 Å². The first-order valence-electron chi connectivity index (χ1n) is 4.73. The topological polar surface area (TPSA) is 66.8 Å². The zero-order valence-corrected chi connectivity index (χ0v) is 9.29. The zero-order valence-electron chi connectivity index (χ0n) is 8.47. The lowest BCUT2D eigenvalue weighted by molar-refractivity contribution is -0.151. The largest absolute Gasteiger partial charge is 0.479 e. The fourth-order valence-corrected chi connectivity index (χ4v) is 2.17. The van der Waals surface area contributed by atoms with Crippen LogP contribution in [0.25, 0.3) is 0 Å². The van der Waals surface area contributed by atoms with Crippen LogP contribution >= 0.6 is 11.3 Å². The second-order valence-electron chi connectivity index (χ2n) is 2.97. The van der Waals surface area contributed by atoms with E-state index in [0.29, 0.717) is 4.88 Å². The third-order valence-electron chi connectivity index (χ3n) is 1.89. The molecule has 0 bridgehead atoms. The molecule has 1 rings (SSSR count). The summed E-state index contributed by atoms with van der Waals surface area (Å²) in [7, 11) is 0. The summed E-state index contributed by atoms with van der Waals surface area (Å²) in [5.41, 5.74) is 0. The fourth-order valence-electron chi connectivity index (χ4n) is 1.17. The van der Waals surface area contributed by atoms with Crippen molar-refractivity contribution in [3.63, 3.8) is 0 Å². The van der Waals surface area contributed by atoms with Gasteiger partial charge in [-0.3, -0.25) is 0 Å². The van der Waals surface area contributed by atoms with Gasteiger partial charge in [0.25, 0.3) is 0 Å². The average molecular weight is 230 g/mol. The van der Waals surface area contributed by atoms with Crippen LogP contribution < -0.4 is 0 Å². The van der Waals surface area contributed by atoms with Crippen molar-refractivity contribution in [1.82, 2.24) is 0 Å². The number of carboxylic acid groups (broad SMARTS) is 1. The molecule has 1 heterocycles. The molecule has 0 amide bonds. The van der Waals surface area contributed by atoms with Crippen molar-refractivity contribution in [2.75, 3.05) is 13.2 Å². The number of ether oxygens (including phenoxy) is 1. The van der Waals surface area contributed by atoms with E-state index in [4.69, 9.17) is 14.9 Å². The third kappa shape index (κ3) is 3.30. The van der Waals surface area contributed by atoms with E-state index in [0.717, 1.165) is 11.3 Å². The Morgan fingerprint density at radius 1 is 1.60 bits per heavy atom. The summed E-state index contributed by atoms with van der Waals surface area (Å²) in [6.45, 7) is 1.88. The molecule has 0 saturated heterocycles. The first-order chi connectivity index (χ1) is 7.19. The van der Waals surface area contributed by atoms with E-state index in [1.165, 1.54) is 11.3 Å². The highest BCUT2D eigenvalue weighted by atomic mass is 32.1. The van der Waals surface area contributed by atoms with Crippen molar-refractivity contribution >= 4 is 17.3 Å². The van der Waals surface area contributed by atoms with Crippen LogP contribution in [0.15, 0.2) is 12.1 Å². The van der Waals surface area contributed by atoms with E-state index >= 15 is 0 Å². The molecule has 5 heteroatoms. The van der Waals surface area contributed by atoms with Gasteiger partial charge in [0.15, 0.2) is 6.10 Å². The Bertz CT molecular complexity index is 321. The molecule has 0 aliphatic rings. The fraction of sp³-hybridized carbons (Fsp3) is 0.500. The lowest BCUT2D eigenvalue weighted by Crippen LogP contribution is -2.16. The molecular formula is C10H14O4S. The van der Waals surface area contributed by atoms with E-state index in [9.17, 15) is 4.79 Å². The van der Waals surface area contributed by atoms with Gasteiger partial charge in [-0.05, 0) is 18.6 Å². The summed E-state index contributed by atoms with van der Waals surface area (Å²) in [6, 6.07) is 3.66. The average Bonchev–Trinajstić information content (AvgIpc) is 2.66. The number of hydrogen-bond acceptors (Lipinski definition) is 4. The molecule has 2 N–H and O–H groups in total. The second-order valence-corrected chi connectivity index (χ2v) is 4.17. The number of carbonyl (C=O) groups is 1. The molecule has 0 spiro atoms. The van der Waals surface area contributed by atoms with Crippen LogP contribution in [0.4, 0.5) is 0 Å². The van der Waals surface area contributed by atoms with Gasteiger partial charge in [0.2, 0.25) is 0 Å². The molecule has 15 heavy (non-hydrogen) atoms. The van der Waals surface area contributed by atoms with Crippen molar-refractivity contribution in [3.05, 3.63) is 21.9 Å². The Labute approximate surface area is 92.1 Å². The van der Waals surface area contributed by atoms with Crippen LogP contribution in [-0.2, 0) is 16.0 Å². The number of thiophene rings is 1. The summed E-state index contributed by atoms with van der Waals surface area (Å²) in [6.07, 6.45) is -0.0701. The number of aliphatic hydroxyl groups is 1. The van der Waals surface area contributed by atoms with Gasteiger partial charge < -0.3 is 14.9 Å². The van der Waals surface area contributed by atoms with Gasteiger partial charge in [0, 0.05) is 9.75 Å². The predicted molar refractivity (Wildman–Crippen MR) is 57.1 cm³/mol. The molecule has 4 nitrogen and oxygen atoms in total. The number of aliphatic hydroxyl groups excluding tert-OH is 1. The van der Waals surface area contributed by atoms with Crippen LogP contribution in [0.2, 0.25) is 0 Å². The highest BCUT2D eigenvalue weighted by Gasteiger charge is 2.21. The van der Waals surface area contributed by atoms with Gasteiger partial charge in [0.05, 0.1) is 13.2 Å². The number of carboxylic acids is 1. The monoisotopic (exact) mass is 230 g/mol. The van der Waals surface area contributed by atoms with Crippen molar-refractivity contribution in [2.24, 2.45) is 0 Å². The quantitative estimate of drug-likeness (QED) is 0.776. The number of aryl methyl sites for hydroxylation is 1. The molecule has 1 aromatic heterocycles. The third-order valence-corrected chi connectivity index (χ3v) is 3.16. The molecule has 0 radical (unpaired) electrons. The molecule has 0 aromatic carbocycles. The smallest absolute Gasteiger partial charge is 0.338 e. The second kappa shape index (κ2) is 5.85. The summed E-state index contributed by atoms with van der Waals surface area (Å²) >= 11 is 1.43. The predicted octanol–water partition coefficient (Wildman–Crippen LogP) is 1.45. The SMILES string of the molecule is CCc1ccc(C(OCCO)C(=O)O)s1. The minimum Gasteiger partial charge on any atom is -0.479 e. The van der Waals surface area contributed by atoms with Gasteiger partial charge in [-0.1, -0.05) is 6.92 Å². The Morgan fingerprint density at radius 2 is 2.33 bits per heavy atom. The Hall–Kier alpha value is -0.910. The Kier molecular flexibility index (Phi) is 4.74. The molecule has 1 atom stereocenters. The van der Waals surface area contributed by atoms with E-state index < -0.39 is 12.1 Å². The van der Waals surface area contributed by atoms with Crippen molar-refractivity contribution in [2.45, 2.75) is 19.4 Å². The first kappa shape index (κ1) is 12.2. The van der Waals surface area contributed by atoms with Gasteiger partial charge >= 0.3 is 5.97 Å². The van der Waals surface area contributed by atoms with Crippen molar-refractivity contribution in [3.8, 4) is 0 Å². The summed E-state index contributed by atoms with van der Waals surface area (Å²) in [5.74, 6) is -1.02. The van der Waals surface area contributed by atoms with Gasteiger partial charge in [-0.2, -0.15) is 0 Å². The lowest BCUT2D eigenvalue weighted by Gasteiger charge is -2.10. The Balaban J connectivity index is 2.74. The van der Waals surface area contributed by atoms with E-state index in [-0.39, 0.29) is 13.2 Å². The molecule has 0 aliphatic heterocycles. The molecule has 0 saturated carbocycles. The van der Waals surface area contributed by atoms with Gasteiger partial charge in [-0.25, -0.2) is 4.79 Å². The maximum absolute atomic E-state index is 10.9. The highest BCUT2D eigenvalue weighted by molar-refractivity contribution is 7.12. The molecule has 0 fully saturated rings. The summed E-state index contributed by atoms with van der Waals surface area (Å²) < 4.78 is 5.06. The van der Waals surface area contributed by atoms with Crippen molar-refractivity contribution in [1.29, 1.82) is 0 Å². The van der Waals surface area contributed by atoms with E-state index in [1.807, 2.05) is 13.0 Å². The number of aliphatic carboxylic acids is 1. The van der Waals surface area contributed by atoms with Gasteiger partial charge in [0.1, 0.15) is 0 Å². The first-order valence-corrected chi connectivity index (χ1v) is 5.54. The summed E-state index contributed by atoms with van der Waals surface area (Å²) in [4.78, 5) is 12.7. The van der Waals surface area contributed by atoms with Gasteiger partial charge in [-0.15, -0.1) is 11.3 Å². The maximum atomic E-state index is 10.9. The number of rotatable bonds is 6. The molecule has 0 aliphatic carbocycles. The van der Waals surface area contributed by atoms with Crippen LogP contribution in [0.5, 0.6) is 0 Å². The molecular weight excluding hydrogens is 216 g/mol. The Morgan fingerprint density at radius 3 is 2.80 bits per heavy atom. The zero-order chi connectivity index (χ0) is 11.3. The minimum absolute atomic E-state index is 0.0380. The summed E-state index contributed by atoms with van der Waals surface area (Å²) in [5, 5.41) is 17.5. The van der Waals surface area contributed by atoms with Crippen LogP contribution in [0, 0.1) is 0 Å². The van der Waals surface area contributed by atoms with E-state index in [1.54, 1.807) is 6.07 Å². The lowest BCUT2D eigenvalue weighted by atomic mass is 10.3. The van der Waals surface area contributed by atoms with Crippen LogP contribution in [-0.4, -0.2) is 29.4 Å². The highest BCUT2D eigenvalue weighted by Crippen LogP contribution is 2.26. The normalized spacial score (nSPS) is 12.7. The molecule has 1 unspecified atom stereocenters. The minimum atomic E-state index is -1.02. The van der Waals surface area contributed by atoms with Crippen molar-refractivity contribution < 1.29 is 19.7 Å². The standard InChI is InChI=1S/C10H14O4S/c1-2-7-3-4-8(15-7)9(10(12)13)14-6-5-11/h3-4,9,11H,2,5-6H2,1H3,(H,12,13). The number of hydrogen-bond donors (Lipinski definition) is 2. The van der Waals surface area contributed by atoms with E-state index in [2.05, 4.69) is 0 Å². The molecule has 1 aromatic rings.